The van der Waals surface area contributed by atoms with Crippen molar-refractivity contribution in [1.29, 1.82) is 0 Å². The van der Waals surface area contributed by atoms with Gasteiger partial charge in [0.1, 0.15) is 42.1 Å². The van der Waals surface area contributed by atoms with Crippen LogP contribution in [0.25, 0.3) is 16.7 Å². The van der Waals surface area contributed by atoms with E-state index in [9.17, 15) is 4.79 Å². The maximum absolute atomic E-state index is 15.4. The quantitative estimate of drug-likeness (QED) is 0.268. The lowest BCUT2D eigenvalue weighted by Gasteiger charge is -2.39. The molecule has 224 valence electrons. The van der Waals surface area contributed by atoms with Crippen molar-refractivity contribution in [3.05, 3.63) is 72.7 Å². The molecule has 14 heteroatoms. The summed E-state index contributed by atoms with van der Waals surface area (Å²) in [6.07, 6.45) is 7.98. The third kappa shape index (κ3) is 5.19. The molecule has 2 N–H and O–H groups in total. The molecule has 2 aliphatic rings. The smallest absolute Gasteiger partial charge is 0.246 e. The Hall–Kier alpha value is -5.37. The van der Waals surface area contributed by atoms with Crippen LogP contribution < -0.4 is 25.0 Å². The van der Waals surface area contributed by atoms with E-state index in [1.807, 2.05) is 31.0 Å². The summed E-state index contributed by atoms with van der Waals surface area (Å²) in [5.41, 5.74) is 2.56. The van der Waals surface area contributed by atoms with Gasteiger partial charge in [0.15, 0.2) is 23.0 Å². The first-order chi connectivity index (χ1) is 21.5. The number of carbonyl (C=O) groups is 1. The van der Waals surface area contributed by atoms with Gasteiger partial charge in [-0.15, -0.1) is 0 Å². The van der Waals surface area contributed by atoms with Crippen molar-refractivity contribution in [3.63, 3.8) is 0 Å². The number of benzene rings is 1. The molecular formula is C30H29FN10O3. The van der Waals surface area contributed by atoms with E-state index in [-0.39, 0.29) is 17.6 Å². The van der Waals surface area contributed by atoms with Gasteiger partial charge in [0.25, 0.3) is 0 Å². The van der Waals surface area contributed by atoms with Crippen LogP contribution in [0.4, 0.5) is 21.7 Å². The van der Waals surface area contributed by atoms with E-state index in [1.165, 1.54) is 18.7 Å². The van der Waals surface area contributed by atoms with E-state index < -0.39 is 5.82 Å². The molecule has 0 spiro atoms. The zero-order valence-electron chi connectivity index (χ0n) is 24.1. The van der Waals surface area contributed by atoms with Gasteiger partial charge in [-0.05, 0) is 31.7 Å². The molecule has 2 bridgehead atoms. The minimum absolute atomic E-state index is 0.0416. The summed E-state index contributed by atoms with van der Waals surface area (Å²) in [6, 6.07) is 8.13. The molecule has 6 heterocycles. The molecule has 1 saturated heterocycles. The van der Waals surface area contributed by atoms with Crippen molar-refractivity contribution in [2.24, 2.45) is 0 Å². The summed E-state index contributed by atoms with van der Waals surface area (Å²) >= 11 is 0. The molecule has 13 nitrogen and oxygen atoms in total. The lowest BCUT2D eigenvalue weighted by atomic mass is 10.1. The number of fused-ring (bicyclic) bond motifs is 6. The van der Waals surface area contributed by atoms with Gasteiger partial charge < -0.3 is 29.9 Å². The molecule has 1 aromatic carbocycles. The highest BCUT2D eigenvalue weighted by Crippen LogP contribution is 2.37. The summed E-state index contributed by atoms with van der Waals surface area (Å²) in [6.45, 7) is 4.50. The first-order valence-corrected chi connectivity index (χ1v) is 14.2. The van der Waals surface area contributed by atoms with Gasteiger partial charge in [-0.25, -0.2) is 28.8 Å². The Labute approximate surface area is 251 Å². The minimum Gasteiger partial charge on any atom is -0.487 e. The Kier molecular flexibility index (Phi) is 7.10. The van der Waals surface area contributed by atoms with Gasteiger partial charge in [0.2, 0.25) is 5.91 Å². The second-order valence-corrected chi connectivity index (χ2v) is 10.6. The topological polar surface area (TPSA) is 135 Å². The number of carbonyl (C=O) groups excluding carboxylic acids is 1. The highest BCUT2D eigenvalue weighted by Gasteiger charge is 2.35. The predicted molar refractivity (Wildman–Crippen MR) is 161 cm³/mol. The van der Waals surface area contributed by atoms with Crippen molar-refractivity contribution >= 4 is 39.9 Å². The fraction of sp³-hybridized carbons (Fsp3) is 0.267. The third-order valence-corrected chi connectivity index (χ3v) is 7.63. The maximum Gasteiger partial charge on any atom is 0.246 e. The number of likely N-dealkylation sites (N-methyl/N-ethyl adjacent to an activating group) is 1. The molecule has 1 atom stereocenters. The van der Waals surface area contributed by atoms with E-state index in [2.05, 4.69) is 35.6 Å². The Balaban J connectivity index is 1.14. The summed E-state index contributed by atoms with van der Waals surface area (Å²) in [5.74, 6) is 1.89. The molecule has 5 aromatic rings. The first kappa shape index (κ1) is 27.5. The van der Waals surface area contributed by atoms with Crippen LogP contribution in [0.5, 0.6) is 17.2 Å². The molecule has 44 heavy (non-hydrogen) atoms. The van der Waals surface area contributed by atoms with Crippen LogP contribution in [-0.2, 0) is 4.79 Å². The van der Waals surface area contributed by atoms with Crippen LogP contribution >= 0.6 is 0 Å². The average Bonchev–Trinajstić information content (AvgIpc) is 3.45. The molecule has 0 unspecified atom stereocenters. The maximum atomic E-state index is 15.4. The number of rotatable bonds is 7. The normalized spacial score (nSPS) is 16.2. The Morgan fingerprint density at radius 3 is 2.98 bits per heavy atom. The molecule has 0 aliphatic carbocycles. The number of hydrogen-bond acceptors (Lipinski definition) is 11. The first-order valence-electron chi connectivity index (χ1n) is 14.2. The second kappa shape index (κ2) is 11.4. The molecule has 7 rings (SSSR count). The fourth-order valence-corrected chi connectivity index (χ4v) is 5.41. The van der Waals surface area contributed by atoms with E-state index >= 15 is 4.39 Å². The van der Waals surface area contributed by atoms with Crippen molar-refractivity contribution in [2.45, 2.75) is 13.0 Å². The number of piperazine rings is 1. The standard InChI is InChI=1S/C30H29FN10O3/c1-18-10-22(21(31)12-24(18)44-20-5-7-41-26(11-20)34-17-36-41)37-29-28-23(33-16-35-29)13-25-30(38-28)39-8-9-40(19(14-39)15-43-25)27(42)4-3-6-32-2/h3-5,7,10-13,16-17,19,32H,6,8-9,14-15H2,1-2H3,(H,33,35,37)/b4-3+/t19-/m0/s1. The number of hydrogen-bond donors (Lipinski definition) is 2. The van der Waals surface area contributed by atoms with Gasteiger partial charge in [0, 0.05) is 56.7 Å². The van der Waals surface area contributed by atoms with Crippen molar-refractivity contribution in [1.82, 2.24) is 39.8 Å². The van der Waals surface area contributed by atoms with E-state index in [1.54, 1.807) is 35.0 Å². The van der Waals surface area contributed by atoms with E-state index in [0.29, 0.717) is 83.9 Å². The average molecular weight is 597 g/mol. The zero-order chi connectivity index (χ0) is 30.2. The monoisotopic (exact) mass is 596 g/mol. The lowest BCUT2D eigenvalue weighted by Crippen LogP contribution is -2.56. The number of halogens is 1. The Morgan fingerprint density at radius 1 is 1.18 bits per heavy atom. The van der Waals surface area contributed by atoms with Gasteiger partial charge in [-0.1, -0.05) is 6.08 Å². The zero-order valence-corrected chi connectivity index (χ0v) is 24.1. The van der Waals surface area contributed by atoms with Crippen LogP contribution in [0.1, 0.15) is 5.56 Å². The van der Waals surface area contributed by atoms with Crippen LogP contribution in [0.2, 0.25) is 0 Å². The number of ether oxygens (including phenoxy) is 2. The number of nitrogens with one attached hydrogen (secondary N) is 2. The molecule has 0 saturated carbocycles. The van der Waals surface area contributed by atoms with Crippen LogP contribution in [0.3, 0.4) is 0 Å². The number of aromatic nitrogens is 6. The van der Waals surface area contributed by atoms with Gasteiger partial charge in [0.05, 0.1) is 17.2 Å². The molecule has 0 radical (unpaired) electrons. The predicted octanol–water partition coefficient (Wildman–Crippen LogP) is 3.24. The summed E-state index contributed by atoms with van der Waals surface area (Å²) in [5, 5.41) is 10.2. The molecule has 1 fully saturated rings. The third-order valence-electron chi connectivity index (χ3n) is 7.63. The molecule has 2 aliphatic heterocycles. The van der Waals surface area contributed by atoms with Crippen molar-refractivity contribution in [3.8, 4) is 17.2 Å². The number of pyridine rings is 2. The number of anilines is 3. The fourth-order valence-electron chi connectivity index (χ4n) is 5.41. The Bertz CT molecular complexity index is 1910. The number of nitrogens with zero attached hydrogens (tertiary/aromatic N) is 8. The van der Waals surface area contributed by atoms with Gasteiger partial charge in [-0.3, -0.25) is 4.79 Å². The summed E-state index contributed by atoms with van der Waals surface area (Å²) < 4.78 is 29.1. The largest absolute Gasteiger partial charge is 0.487 e. The highest BCUT2D eigenvalue weighted by molar-refractivity contribution is 5.91. The number of amides is 1. The van der Waals surface area contributed by atoms with E-state index in [4.69, 9.17) is 14.5 Å². The summed E-state index contributed by atoms with van der Waals surface area (Å²) in [7, 11) is 1.83. The number of aryl methyl sites for hydroxylation is 1. The van der Waals surface area contributed by atoms with Crippen LogP contribution in [0, 0.1) is 12.7 Å². The highest BCUT2D eigenvalue weighted by atomic mass is 19.1. The SMILES string of the molecule is CNC/C=C/C(=O)N1CCN2C[C@H]1COc1cc3ncnc(Nc4cc(C)c(Oc5ccn6ncnc6c5)cc4F)c3nc12. The minimum atomic E-state index is -0.522. The van der Waals surface area contributed by atoms with Gasteiger partial charge >= 0.3 is 0 Å². The second-order valence-electron chi connectivity index (χ2n) is 10.6. The van der Waals surface area contributed by atoms with E-state index in [0.717, 1.165) is 0 Å². The molecule has 1 amide bonds. The van der Waals surface area contributed by atoms with Crippen LogP contribution in [-0.4, -0.2) is 86.2 Å². The van der Waals surface area contributed by atoms with Crippen LogP contribution in [0.15, 0.2) is 61.3 Å². The molecular weight excluding hydrogens is 567 g/mol. The Morgan fingerprint density at radius 2 is 2.09 bits per heavy atom. The molecule has 4 aromatic heterocycles. The van der Waals surface area contributed by atoms with Crippen molar-refractivity contribution < 1.29 is 18.7 Å². The van der Waals surface area contributed by atoms with Crippen molar-refractivity contribution in [2.75, 3.05) is 50.1 Å². The summed E-state index contributed by atoms with van der Waals surface area (Å²) in [4.78, 5) is 34.6. The lowest BCUT2D eigenvalue weighted by molar-refractivity contribution is -0.129. The van der Waals surface area contributed by atoms with Gasteiger partial charge in [-0.2, -0.15) is 5.10 Å².